The topological polar surface area (TPSA) is 76.2 Å². The predicted molar refractivity (Wildman–Crippen MR) is 139 cm³/mol. The van der Waals surface area contributed by atoms with Gasteiger partial charge in [0.25, 0.3) is 0 Å². The number of para-hydroxylation sites is 1. The quantitative estimate of drug-likeness (QED) is 0.199. The van der Waals surface area contributed by atoms with Gasteiger partial charge in [-0.3, -0.25) is 9.59 Å². The second kappa shape index (κ2) is 10.0. The molecule has 0 saturated heterocycles. The van der Waals surface area contributed by atoms with Crippen molar-refractivity contribution in [3.63, 3.8) is 0 Å². The Labute approximate surface area is 212 Å². The minimum atomic E-state index is -1.20. The minimum Gasteiger partial charge on any atom is -0.445 e. The van der Waals surface area contributed by atoms with Crippen LogP contribution in [-0.2, 0) is 4.74 Å². The number of hydrogen-bond donors (Lipinski definition) is 1. The van der Waals surface area contributed by atoms with E-state index in [9.17, 15) is 14.4 Å². The van der Waals surface area contributed by atoms with Crippen molar-refractivity contribution in [2.45, 2.75) is 6.10 Å². The van der Waals surface area contributed by atoms with E-state index >= 15 is 0 Å². The molecule has 1 aromatic heterocycles. The SMILES string of the molecule is O=C(OC(C(=O)c1c[nH]c2ccccc12)c1ccccc1)c1ccccc1C(=O)c1ccc(Cl)cc1. The molecule has 5 aromatic rings. The number of hydrogen-bond acceptors (Lipinski definition) is 4. The maximum atomic E-state index is 13.7. The van der Waals surface area contributed by atoms with Crippen LogP contribution >= 0.6 is 11.6 Å². The van der Waals surface area contributed by atoms with E-state index in [1.54, 1.807) is 72.9 Å². The van der Waals surface area contributed by atoms with Crippen LogP contribution in [0, 0.1) is 0 Å². The average molecular weight is 494 g/mol. The van der Waals surface area contributed by atoms with Gasteiger partial charge in [0.1, 0.15) is 0 Å². The average Bonchev–Trinajstić information content (AvgIpc) is 3.36. The smallest absolute Gasteiger partial charge is 0.339 e. The van der Waals surface area contributed by atoms with E-state index in [2.05, 4.69) is 4.98 Å². The molecular formula is C30H20ClNO4. The summed E-state index contributed by atoms with van der Waals surface area (Å²) < 4.78 is 5.83. The molecule has 5 rings (SSSR count). The summed E-state index contributed by atoms with van der Waals surface area (Å²) in [4.78, 5) is 43.4. The Morgan fingerprint density at radius 1 is 0.694 bits per heavy atom. The van der Waals surface area contributed by atoms with E-state index in [1.165, 1.54) is 6.07 Å². The molecule has 1 heterocycles. The van der Waals surface area contributed by atoms with Crippen LogP contribution < -0.4 is 0 Å². The molecule has 0 radical (unpaired) electrons. The van der Waals surface area contributed by atoms with Gasteiger partial charge in [-0.2, -0.15) is 0 Å². The van der Waals surface area contributed by atoms with Crippen molar-refractivity contribution in [1.82, 2.24) is 4.98 Å². The van der Waals surface area contributed by atoms with Crippen LogP contribution in [0.1, 0.15) is 48.3 Å². The lowest BCUT2D eigenvalue weighted by Gasteiger charge is -2.18. The molecule has 1 atom stereocenters. The summed E-state index contributed by atoms with van der Waals surface area (Å²) in [6.07, 6.45) is 0.422. The Morgan fingerprint density at radius 2 is 1.33 bits per heavy atom. The number of carbonyl (C=O) groups excluding carboxylic acids is 3. The summed E-state index contributed by atoms with van der Waals surface area (Å²) in [5, 5.41) is 1.23. The summed E-state index contributed by atoms with van der Waals surface area (Å²) in [7, 11) is 0. The number of aromatic nitrogens is 1. The lowest BCUT2D eigenvalue weighted by atomic mass is 9.97. The molecule has 176 valence electrons. The Morgan fingerprint density at radius 3 is 2.08 bits per heavy atom. The third-order valence-electron chi connectivity index (χ3n) is 5.92. The van der Waals surface area contributed by atoms with Crippen molar-refractivity contribution in [2.75, 3.05) is 0 Å². The summed E-state index contributed by atoms with van der Waals surface area (Å²) >= 11 is 5.95. The lowest BCUT2D eigenvalue weighted by Crippen LogP contribution is -2.21. The zero-order chi connectivity index (χ0) is 25.1. The van der Waals surface area contributed by atoms with Crippen LogP contribution in [0.2, 0.25) is 5.02 Å². The summed E-state index contributed by atoms with van der Waals surface area (Å²) in [6.45, 7) is 0. The summed E-state index contributed by atoms with van der Waals surface area (Å²) in [5.41, 5.74) is 2.38. The number of Topliss-reactive ketones (excluding diaryl/α,β-unsaturated/α-hetero) is 1. The number of halogens is 1. The highest BCUT2D eigenvalue weighted by atomic mass is 35.5. The zero-order valence-electron chi connectivity index (χ0n) is 19.0. The first-order valence-electron chi connectivity index (χ1n) is 11.3. The fraction of sp³-hybridized carbons (Fsp3) is 0.0333. The normalized spacial score (nSPS) is 11.7. The molecule has 0 amide bonds. The van der Waals surface area contributed by atoms with Crippen molar-refractivity contribution in [2.24, 2.45) is 0 Å². The minimum absolute atomic E-state index is 0.0742. The van der Waals surface area contributed by atoms with E-state index in [4.69, 9.17) is 16.3 Å². The van der Waals surface area contributed by atoms with Gasteiger partial charge >= 0.3 is 5.97 Å². The van der Waals surface area contributed by atoms with E-state index in [1.807, 2.05) is 30.3 Å². The Kier molecular flexibility index (Phi) is 6.48. The van der Waals surface area contributed by atoms with Crippen LogP contribution in [0.4, 0.5) is 0 Å². The van der Waals surface area contributed by atoms with Crippen molar-refractivity contribution in [3.05, 3.63) is 142 Å². The highest BCUT2D eigenvalue weighted by molar-refractivity contribution is 6.30. The van der Waals surface area contributed by atoms with Gasteiger partial charge in [-0.15, -0.1) is 0 Å². The van der Waals surface area contributed by atoms with Crippen molar-refractivity contribution in [3.8, 4) is 0 Å². The van der Waals surface area contributed by atoms with Gasteiger partial charge in [0.2, 0.25) is 5.78 Å². The van der Waals surface area contributed by atoms with E-state index in [0.717, 1.165) is 10.9 Å². The van der Waals surface area contributed by atoms with Crippen LogP contribution in [0.25, 0.3) is 10.9 Å². The van der Waals surface area contributed by atoms with Gasteiger partial charge in [-0.05, 0) is 36.4 Å². The Balaban J connectivity index is 1.51. The number of nitrogens with one attached hydrogen (secondary N) is 1. The Bertz CT molecular complexity index is 1570. The number of fused-ring (bicyclic) bond motifs is 1. The number of carbonyl (C=O) groups is 3. The number of ether oxygens (including phenoxy) is 1. The molecule has 5 nitrogen and oxygen atoms in total. The highest BCUT2D eigenvalue weighted by Gasteiger charge is 2.30. The number of benzene rings is 4. The fourth-order valence-electron chi connectivity index (χ4n) is 4.10. The first-order chi connectivity index (χ1) is 17.5. The van der Waals surface area contributed by atoms with Gasteiger partial charge in [0.15, 0.2) is 11.9 Å². The van der Waals surface area contributed by atoms with Crippen molar-refractivity contribution in [1.29, 1.82) is 0 Å². The molecule has 0 spiro atoms. The molecule has 1 N–H and O–H groups in total. The predicted octanol–water partition coefficient (Wildman–Crippen LogP) is 6.83. The fourth-order valence-corrected chi connectivity index (χ4v) is 4.23. The van der Waals surface area contributed by atoms with E-state index in [0.29, 0.717) is 21.7 Å². The third-order valence-corrected chi connectivity index (χ3v) is 6.17. The van der Waals surface area contributed by atoms with Gasteiger partial charge in [0, 0.05) is 44.4 Å². The molecule has 0 bridgehead atoms. The third kappa shape index (κ3) is 4.57. The molecule has 0 aliphatic carbocycles. The molecule has 6 heteroatoms. The van der Waals surface area contributed by atoms with Crippen molar-refractivity contribution >= 4 is 40.0 Å². The van der Waals surface area contributed by atoms with Crippen LogP contribution in [0.3, 0.4) is 0 Å². The maximum absolute atomic E-state index is 13.7. The molecule has 0 aliphatic heterocycles. The monoisotopic (exact) mass is 493 g/mol. The summed E-state index contributed by atoms with van der Waals surface area (Å²) in [6, 6.07) is 29.1. The number of ketones is 2. The molecule has 1 unspecified atom stereocenters. The van der Waals surface area contributed by atoms with Crippen molar-refractivity contribution < 1.29 is 19.1 Å². The molecule has 0 saturated carbocycles. The zero-order valence-corrected chi connectivity index (χ0v) is 19.7. The number of esters is 1. The number of aromatic amines is 1. The first-order valence-corrected chi connectivity index (χ1v) is 11.7. The molecule has 0 aliphatic rings. The van der Waals surface area contributed by atoms with Crippen LogP contribution in [-0.4, -0.2) is 22.5 Å². The maximum Gasteiger partial charge on any atom is 0.339 e. The summed E-state index contributed by atoms with van der Waals surface area (Å²) in [5.74, 6) is -1.48. The first kappa shape index (κ1) is 23.3. The number of H-pyrrole nitrogens is 1. The van der Waals surface area contributed by atoms with Crippen LogP contribution in [0.5, 0.6) is 0 Å². The van der Waals surface area contributed by atoms with Gasteiger partial charge in [-0.1, -0.05) is 78.3 Å². The molecule has 4 aromatic carbocycles. The van der Waals surface area contributed by atoms with Crippen LogP contribution in [0.15, 0.2) is 109 Å². The van der Waals surface area contributed by atoms with E-state index in [-0.39, 0.29) is 22.7 Å². The largest absolute Gasteiger partial charge is 0.445 e. The lowest BCUT2D eigenvalue weighted by molar-refractivity contribution is 0.0279. The molecule has 0 fully saturated rings. The number of rotatable bonds is 7. The molecular weight excluding hydrogens is 474 g/mol. The Hall–Kier alpha value is -4.48. The van der Waals surface area contributed by atoms with Gasteiger partial charge in [0.05, 0.1) is 5.56 Å². The van der Waals surface area contributed by atoms with Gasteiger partial charge in [-0.25, -0.2) is 4.79 Å². The standard InChI is InChI=1S/C30H20ClNO4/c31-21-16-14-19(15-17-21)27(33)23-11-4-5-12-24(23)30(35)36-29(20-8-2-1-3-9-20)28(34)25-18-32-26-13-7-6-10-22(25)26/h1-18,29,32H. The van der Waals surface area contributed by atoms with E-state index < -0.39 is 12.1 Å². The second-order valence-corrected chi connectivity index (χ2v) is 8.63. The second-order valence-electron chi connectivity index (χ2n) is 8.19. The molecule has 36 heavy (non-hydrogen) atoms. The highest BCUT2D eigenvalue weighted by Crippen LogP contribution is 2.29. The van der Waals surface area contributed by atoms with Gasteiger partial charge < -0.3 is 9.72 Å².